The first-order valence-electron chi connectivity index (χ1n) is 9.89. The van der Waals surface area contributed by atoms with Gasteiger partial charge in [0, 0.05) is 31.6 Å². The van der Waals surface area contributed by atoms with E-state index in [4.69, 9.17) is 16.0 Å². The molecule has 0 aliphatic carbocycles. The Labute approximate surface area is 187 Å². The molecule has 1 fully saturated rings. The van der Waals surface area contributed by atoms with Crippen LogP contribution >= 0.6 is 22.9 Å². The number of aromatic nitrogens is 2. The van der Waals surface area contributed by atoms with Gasteiger partial charge < -0.3 is 14.2 Å². The summed E-state index contributed by atoms with van der Waals surface area (Å²) in [7, 11) is 0. The summed E-state index contributed by atoms with van der Waals surface area (Å²) in [6, 6.07) is 12.8. The van der Waals surface area contributed by atoms with Crippen LogP contribution in [0.15, 0.2) is 53.1 Å². The molecule has 9 heteroatoms. The number of benzene rings is 1. The number of fused-ring (bicyclic) bond motifs is 1. The summed E-state index contributed by atoms with van der Waals surface area (Å²) >= 11 is 7.78. The molecule has 1 aromatic carbocycles. The number of nitrogens with zero attached hydrogens (tertiary/aromatic N) is 4. The number of amides is 2. The zero-order valence-electron chi connectivity index (χ0n) is 16.7. The van der Waals surface area contributed by atoms with Crippen molar-refractivity contribution in [3.8, 4) is 5.69 Å². The first-order valence-corrected chi connectivity index (χ1v) is 11.1. The fraction of sp³-hybridized carbons (Fsp3) is 0.227. The van der Waals surface area contributed by atoms with Crippen LogP contribution < -0.4 is 0 Å². The van der Waals surface area contributed by atoms with Crippen molar-refractivity contribution in [1.82, 2.24) is 19.6 Å². The van der Waals surface area contributed by atoms with Gasteiger partial charge in [-0.2, -0.15) is 5.10 Å². The lowest BCUT2D eigenvalue weighted by Crippen LogP contribution is -2.50. The summed E-state index contributed by atoms with van der Waals surface area (Å²) in [5, 5.41) is 6.16. The van der Waals surface area contributed by atoms with Crippen molar-refractivity contribution >= 4 is 45.0 Å². The van der Waals surface area contributed by atoms with E-state index in [-0.39, 0.29) is 11.8 Å². The molecule has 0 atom stereocenters. The lowest BCUT2D eigenvalue weighted by Gasteiger charge is -2.34. The molecule has 1 saturated heterocycles. The van der Waals surface area contributed by atoms with Gasteiger partial charge >= 0.3 is 0 Å². The molecule has 0 unspecified atom stereocenters. The Bertz CT molecular complexity index is 1270. The van der Waals surface area contributed by atoms with E-state index in [0.717, 1.165) is 21.6 Å². The van der Waals surface area contributed by atoms with Gasteiger partial charge in [-0.3, -0.25) is 9.59 Å². The van der Waals surface area contributed by atoms with Crippen molar-refractivity contribution in [3.63, 3.8) is 0 Å². The van der Waals surface area contributed by atoms with E-state index in [9.17, 15) is 9.59 Å². The Morgan fingerprint density at radius 1 is 1.03 bits per heavy atom. The van der Waals surface area contributed by atoms with Crippen LogP contribution in [0.3, 0.4) is 0 Å². The Morgan fingerprint density at radius 3 is 2.42 bits per heavy atom. The van der Waals surface area contributed by atoms with Crippen molar-refractivity contribution in [2.24, 2.45) is 0 Å². The number of carbonyl (C=O) groups excluding carboxylic acids is 2. The van der Waals surface area contributed by atoms with E-state index < -0.39 is 0 Å². The summed E-state index contributed by atoms with van der Waals surface area (Å²) in [6.07, 6.45) is 1.49. The van der Waals surface area contributed by atoms with Gasteiger partial charge in [-0.25, -0.2) is 4.68 Å². The highest BCUT2D eigenvalue weighted by Gasteiger charge is 2.28. The van der Waals surface area contributed by atoms with E-state index in [0.29, 0.717) is 41.8 Å². The molecule has 7 nitrogen and oxygen atoms in total. The Kier molecular flexibility index (Phi) is 5.03. The molecular weight excluding hydrogens is 436 g/mol. The number of hydrogen-bond acceptors (Lipinski definition) is 5. The number of thiophene rings is 1. The Morgan fingerprint density at radius 2 is 1.74 bits per heavy atom. The fourth-order valence-electron chi connectivity index (χ4n) is 3.76. The first-order chi connectivity index (χ1) is 15.0. The minimum absolute atomic E-state index is 0.0311. The quantitative estimate of drug-likeness (QED) is 0.464. The number of aryl methyl sites for hydroxylation is 1. The average Bonchev–Trinajstić information content (AvgIpc) is 3.52. The zero-order chi connectivity index (χ0) is 21.5. The van der Waals surface area contributed by atoms with Crippen molar-refractivity contribution in [3.05, 3.63) is 70.1 Å². The van der Waals surface area contributed by atoms with Gasteiger partial charge in [-0.1, -0.05) is 23.7 Å². The highest BCUT2D eigenvalue weighted by molar-refractivity contribution is 7.20. The second-order valence-electron chi connectivity index (χ2n) is 7.34. The van der Waals surface area contributed by atoms with Crippen LogP contribution in [0, 0.1) is 6.92 Å². The summed E-state index contributed by atoms with van der Waals surface area (Å²) in [5.74, 6) is 0.148. The largest absolute Gasteiger partial charge is 0.459 e. The van der Waals surface area contributed by atoms with Gasteiger partial charge in [-0.05, 0) is 37.3 Å². The van der Waals surface area contributed by atoms with Crippen molar-refractivity contribution in [1.29, 1.82) is 0 Å². The van der Waals surface area contributed by atoms with E-state index >= 15 is 0 Å². The molecule has 158 valence electrons. The molecule has 4 heterocycles. The van der Waals surface area contributed by atoms with Crippen molar-refractivity contribution in [2.45, 2.75) is 6.92 Å². The van der Waals surface area contributed by atoms with E-state index in [1.165, 1.54) is 17.6 Å². The predicted molar refractivity (Wildman–Crippen MR) is 119 cm³/mol. The molecule has 2 amide bonds. The minimum atomic E-state index is -0.144. The summed E-state index contributed by atoms with van der Waals surface area (Å²) < 4.78 is 7.00. The average molecular weight is 455 g/mol. The molecule has 4 aromatic rings. The highest BCUT2D eigenvalue weighted by Crippen LogP contribution is 2.33. The number of piperazine rings is 1. The number of carbonyl (C=O) groups is 2. The highest BCUT2D eigenvalue weighted by atomic mass is 35.5. The third-order valence-corrected chi connectivity index (χ3v) is 6.84. The van der Waals surface area contributed by atoms with Gasteiger partial charge in [-0.15, -0.1) is 11.3 Å². The minimum Gasteiger partial charge on any atom is -0.459 e. The van der Waals surface area contributed by atoms with Crippen molar-refractivity contribution in [2.75, 3.05) is 26.2 Å². The van der Waals surface area contributed by atoms with Crippen LogP contribution in [-0.2, 0) is 0 Å². The van der Waals surface area contributed by atoms with E-state index in [1.54, 1.807) is 26.6 Å². The molecule has 1 aliphatic heterocycles. The number of para-hydroxylation sites is 1. The zero-order valence-corrected chi connectivity index (χ0v) is 18.3. The molecule has 0 saturated carbocycles. The lowest BCUT2D eigenvalue weighted by molar-refractivity contribution is 0.0520. The summed E-state index contributed by atoms with van der Waals surface area (Å²) in [6.45, 7) is 3.84. The second kappa shape index (κ2) is 7.86. The standard InChI is InChI=1S/C22H19ClN4O3S/c1-14-15-13-19(31-22(15)27(24-14)17-6-3-2-5-16(17)23)21(29)26-10-8-25(9-11-26)20(28)18-7-4-12-30-18/h2-7,12-13H,8-11H2,1H3. The molecule has 31 heavy (non-hydrogen) atoms. The summed E-state index contributed by atoms with van der Waals surface area (Å²) in [5.41, 5.74) is 1.63. The third-order valence-electron chi connectivity index (χ3n) is 5.42. The topological polar surface area (TPSA) is 71.6 Å². The maximum atomic E-state index is 13.2. The Balaban J connectivity index is 1.36. The number of rotatable bonds is 3. The van der Waals surface area contributed by atoms with Crippen molar-refractivity contribution < 1.29 is 14.0 Å². The second-order valence-corrected chi connectivity index (χ2v) is 8.78. The maximum absolute atomic E-state index is 13.2. The van der Waals surface area contributed by atoms with E-state index in [1.807, 2.05) is 37.3 Å². The number of hydrogen-bond donors (Lipinski definition) is 0. The van der Waals surface area contributed by atoms with Gasteiger partial charge in [0.2, 0.25) is 0 Å². The lowest BCUT2D eigenvalue weighted by atomic mass is 10.2. The van der Waals surface area contributed by atoms with Crippen LogP contribution in [0.25, 0.3) is 15.9 Å². The molecule has 3 aromatic heterocycles. The molecular formula is C22H19ClN4O3S. The SMILES string of the molecule is Cc1nn(-c2ccccc2Cl)c2sc(C(=O)N3CCN(C(=O)c4ccco4)CC3)cc12. The number of halogens is 1. The molecule has 0 N–H and O–H groups in total. The predicted octanol–water partition coefficient (Wildman–Crippen LogP) is 4.24. The summed E-state index contributed by atoms with van der Waals surface area (Å²) in [4.78, 5) is 30.6. The first kappa shape index (κ1) is 19.8. The van der Waals surface area contributed by atoms with Crippen LogP contribution in [-0.4, -0.2) is 57.6 Å². The van der Waals surface area contributed by atoms with Crippen LogP contribution in [0.5, 0.6) is 0 Å². The normalized spacial score (nSPS) is 14.4. The fourth-order valence-corrected chi connectivity index (χ4v) is 5.12. The van der Waals surface area contributed by atoms with Crippen LogP contribution in [0.2, 0.25) is 5.02 Å². The Hall–Kier alpha value is -3.10. The molecule has 1 aliphatic rings. The molecule has 0 spiro atoms. The number of furan rings is 1. The molecule has 0 radical (unpaired) electrons. The molecule has 5 rings (SSSR count). The monoisotopic (exact) mass is 454 g/mol. The molecule has 0 bridgehead atoms. The van der Waals surface area contributed by atoms with Gasteiger partial charge in [0.15, 0.2) is 5.76 Å². The van der Waals surface area contributed by atoms with Crippen LogP contribution in [0.1, 0.15) is 25.9 Å². The smallest absolute Gasteiger partial charge is 0.289 e. The maximum Gasteiger partial charge on any atom is 0.289 e. The third kappa shape index (κ3) is 3.51. The van der Waals surface area contributed by atoms with Gasteiger partial charge in [0.05, 0.1) is 27.5 Å². The van der Waals surface area contributed by atoms with Crippen LogP contribution in [0.4, 0.5) is 0 Å². The van der Waals surface area contributed by atoms with Gasteiger partial charge in [0.25, 0.3) is 11.8 Å². The van der Waals surface area contributed by atoms with Gasteiger partial charge in [0.1, 0.15) is 4.83 Å². The van der Waals surface area contributed by atoms with E-state index in [2.05, 4.69) is 5.10 Å².